The van der Waals surface area contributed by atoms with Crippen LogP contribution in [0.15, 0.2) is 12.7 Å². The number of fused-ring (bicyclic) bond motifs is 1. The molecule has 0 spiro atoms. The molecule has 4 N–H and O–H groups in total. The fourth-order valence-electron chi connectivity index (χ4n) is 7.01. The van der Waals surface area contributed by atoms with Gasteiger partial charge in [0.15, 0.2) is 0 Å². The molecule has 3 rings (SSSR count). The molecule has 1 aliphatic carbocycles. The number of carbonyl (C=O) groups excluding carboxylic acids is 5. The summed E-state index contributed by atoms with van der Waals surface area (Å²) in [4.78, 5) is 68.9. The van der Waals surface area contributed by atoms with Crippen molar-refractivity contribution in [3.63, 3.8) is 0 Å². The van der Waals surface area contributed by atoms with Crippen molar-refractivity contribution in [1.82, 2.24) is 34.8 Å². The van der Waals surface area contributed by atoms with Crippen molar-refractivity contribution >= 4 is 39.7 Å². The van der Waals surface area contributed by atoms with E-state index in [1.165, 1.54) is 26.6 Å². The topological polar surface area (TPSA) is 177 Å². The first-order valence-corrected chi connectivity index (χ1v) is 18.7. The van der Waals surface area contributed by atoms with Gasteiger partial charge in [-0.2, -0.15) is 17.0 Å². The van der Waals surface area contributed by atoms with Gasteiger partial charge < -0.3 is 26.2 Å². The second kappa shape index (κ2) is 15.1. The van der Waals surface area contributed by atoms with Crippen LogP contribution in [0.4, 0.5) is 4.79 Å². The molecule has 6 atom stereocenters. The van der Waals surface area contributed by atoms with Crippen LogP contribution in [0.1, 0.15) is 81.6 Å². The number of nitrogens with zero attached hydrogens (tertiary/aromatic N) is 3. The van der Waals surface area contributed by atoms with Crippen molar-refractivity contribution < 1.29 is 32.4 Å². The number of hydrogen-bond acceptors (Lipinski definition) is 7. The third kappa shape index (κ3) is 9.01. The molecule has 2 heterocycles. The van der Waals surface area contributed by atoms with Gasteiger partial charge in [0, 0.05) is 45.8 Å². The lowest BCUT2D eigenvalue weighted by atomic mass is 9.85. The lowest BCUT2D eigenvalue weighted by Gasteiger charge is -2.40. The molecule has 15 heteroatoms. The van der Waals surface area contributed by atoms with E-state index in [0.717, 1.165) is 0 Å². The van der Waals surface area contributed by atoms with Gasteiger partial charge in [-0.25, -0.2) is 4.79 Å². The maximum atomic E-state index is 14.4. The summed E-state index contributed by atoms with van der Waals surface area (Å²) in [6, 6.07) is -4.19. The molecular formula is C34H59N7O7S. The van der Waals surface area contributed by atoms with Gasteiger partial charge in [0.2, 0.25) is 17.6 Å². The Morgan fingerprint density at radius 2 is 1.61 bits per heavy atom. The molecule has 2 saturated heterocycles. The van der Waals surface area contributed by atoms with E-state index in [9.17, 15) is 32.4 Å². The van der Waals surface area contributed by atoms with E-state index >= 15 is 0 Å². The first kappa shape index (κ1) is 40.4. The van der Waals surface area contributed by atoms with Crippen LogP contribution in [-0.4, -0.2) is 115 Å². The standard InChI is InChI=1S/C34H59N7O7S/c1-12-15-22(26(42)29(44)35-16-13-2)36-28(43)25-24-21(34(24,9)10)19-41(25)30(45)27(33(6,7)8)38-31(46)37-23(32(3,4)5)20-40-18-14-17-39(11)49(40,47)48/h13,21-25,27H,2,12,14-20H2,1,3-11H3,(H,35,44)(H,36,43)(H2,37,38,46)/t21-,22?,23+,24-,25?,27+/m0/s1. The van der Waals surface area contributed by atoms with Crippen LogP contribution >= 0.6 is 0 Å². The van der Waals surface area contributed by atoms with Crippen LogP contribution in [0.25, 0.3) is 0 Å². The molecule has 2 aliphatic heterocycles. The fourth-order valence-corrected chi connectivity index (χ4v) is 8.46. The number of nitrogens with one attached hydrogen (secondary N) is 4. The van der Waals surface area contributed by atoms with Crippen molar-refractivity contribution in [2.24, 2.45) is 28.1 Å². The lowest BCUT2D eigenvalue weighted by Crippen LogP contribution is -2.63. The van der Waals surface area contributed by atoms with E-state index < -0.39 is 74.7 Å². The maximum Gasteiger partial charge on any atom is 0.315 e. The van der Waals surface area contributed by atoms with E-state index in [-0.39, 0.29) is 36.8 Å². The van der Waals surface area contributed by atoms with Crippen LogP contribution in [0.5, 0.6) is 0 Å². The summed E-state index contributed by atoms with van der Waals surface area (Å²) in [6.07, 6.45) is 2.91. The Bertz CT molecular complexity index is 1400. The highest BCUT2D eigenvalue weighted by atomic mass is 32.2. The number of piperidine rings is 1. The molecule has 3 fully saturated rings. The summed E-state index contributed by atoms with van der Waals surface area (Å²) < 4.78 is 28.6. The Balaban J connectivity index is 1.83. The van der Waals surface area contributed by atoms with Crippen LogP contribution in [-0.2, 0) is 29.4 Å². The zero-order chi connectivity index (χ0) is 37.3. The van der Waals surface area contributed by atoms with Gasteiger partial charge in [-0.3, -0.25) is 19.2 Å². The summed E-state index contributed by atoms with van der Waals surface area (Å²) >= 11 is 0. The molecule has 0 radical (unpaired) electrons. The second-order valence-electron chi connectivity index (χ2n) is 16.5. The minimum Gasteiger partial charge on any atom is -0.346 e. The molecule has 0 aromatic carbocycles. The monoisotopic (exact) mass is 709 g/mol. The molecule has 0 aromatic heterocycles. The predicted molar refractivity (Wildman–Crippen MR) is 187 cm³/mol. The quantitative estimate of drug-likeness (QED) is 0.166. The summed E-state index contributed by atoms with van der Waals surface area (Å²) in [5.74, 6) is -2.62. The highest BCUT2D eigenvalue weighted by Crippen LogP contribution is 2.65. The van der Waals surface area contributed by atoms with E-state index in [1.54, 1.807) is 0 Å². The smallest absolute Gasteiger partial charge is 0.315 e. The number of likely N-dealkylation sites (tertiary alicyclic amines) is 1. The molecule has 0 aromatic rings. The van der Waals surface area contributed by atoms with Crippen LogP contribution in [0.2, 0.25) is 0 Å². The molecular weight excluding hydrogens is 650 g/mol. The highest BCUT2D eigenvalue weighted by Gasteiger charge is 2.70. The molecule has 5 amide bonds. The van der Waals surface area contributed by atoms with Gasteiger partial charge in [0.1, 0.15) is 12.1 Å². The molecule has 2 unspecified atom stereocenters. The van der Waals surface area contributed by atoms with Gasteiger partial charge in [-0.15, -0.1) is 6.58 Å². The van der Waals surface area contributed by atoms with Crippen LogP contribution < -0.4 is 21.3 Å². The fraction of sp³-hybridized carbons (Fsp3) is 0.794. The van der Waals surface area contributed by atoms with Crippen LogP contribution in [0.3, 0.4) is 0 Å². The predicted octanol–water partition coefficient (Wildman–Crippen LogP) is 1.64. The van der Waals surface area contributed by atoms with Crippen molar-refractivity contribution in [2.75, 3.05) is 39.8 Å². The molecule has 3 aliphatic rings. The number of carbonyl (C=O) groups is 5. The average Bonchev–Trinajstić information content (AvgIpc) is 3.30. The number of ketones is 1. The minimum absolute atomic E-state index is 0.0488. The number of amides is 5. The first-order valence-electron chi connectivity index (χ1n) is 17.3. The number of Topliss-reactive ketones (excluding diaryl/α,β-unsaturated/α-hetero) is 1. The Hall–Kier alpha value is -3.04. The van der Waals surface area contributed by atoms with Gasteiger partial charge in [0.05, 0.1) is 6.04 Å². The van der Waals surface area contributed by atoms with Crippen LogP contribution in [0, 0.1) is 28.1 Å². The second-order valence-corrected chi connectivity index (χ2v) is 18.5. The Labute approximate surface area is 292 Å². The average molecular weight is 710 g/mol. The van der Waals surface area contributed by atoms with Crippen molar-refractivity contribution in [3.05, 3.63) is 12.7 Å². The van der Waals surface area contributed by atoms with Crippen molar-refractivity contribution in [2.45, 2.75) is 106 Å². The first-order chi connectivity index (χ1) is 22.5. The molecule has 14 nitrogen and oxygen atoms in total. The number of rotatable bonds is 13. The SMILES string of the molecule is C=CCNC(=O)C(=O)C(CCC)NC(=O)C1[C@@H]2[C@H](CN1C(=O)[C@@H](NC(=O)N[C@H](CN1CCCN(C)S1(=O)=O)C(C)(C)C)C(C)(C)C)C2(C)C. The number of urea groups is 1. The van der Waals surface area contributed by atoms with Gasteiger partial charge in [-0.05, 0) is 40.9 Å². The molecule has 278 valence electrons. The van der Waals surface area contributed by atoms with Gasteiger partial charge >= 0.3 is 6.03 Å². The number of hydrogen-bond donors (Lipinski definition) is 4. The van der Waals surface area contributed by atoms with E-state index in [0.29, 0.717) is 32.5 Å². The summed E-state index contributed by atoms with van der Waals surface area (Å²) in [5, 5.41) is 11.1. The summed E-state index contributed by atoms with van der Waals surface area (Å²) in [7, 11) is -2.13. The van der Waals surface area contributed by atoms with E-state index in [1.807, 2.05) is 62.3 Å². The highest BCUT2D eigenvalue weighted by molar-refractivity contribution is 7.86. The van der Waals surface area contributed by atoms with Crippen molar-refractivity contribution in [3.8, 4) is 0 Å². The van der Waals surface area contributed by atoms with Gasteiger partial charge in [0.25, 0.3) is 16.1 Å². The Morgan fingerprint density at radius 3 is 2.16 bits per heavy atom. The summed E-state index contributed by atoms with van der Waals surface area (Å²) in [6.45, 7) is 21.9. The maximum absolute atomic E-state index is 14.4. The normalized spacial score (nSPS) is 25.3. The lowest BCUT2D eigenvalue weighted by molar-refractivity contribution is -0.145. The molecule has 0 bridgehead atoms. The zero-order valence-corrected chi connectivity index (χ0v) is 31.8. The molecule has 49 heavy (non-hydrogen) atoms. The van der Waals surface area contributed by atoms with Gasteiger partial charge in [-0.1, -0.05) is 74.8 Å². The van der Waals surface area contributed by atoms with Crippen molar-refractivity contribution in [1.29, 1.82) is 0 Å². The van der Waals surface area contributed by atoms with E-state index in [4.69, 9.17) is 0 Å². The Kier molecular flexibility index (Phi) is 12.4. The minimum atomic E-state index is -3.67. The molecule has 1 saturated carbocycles. The Morgan fingerprint density at radius 1 is 0.980 bits per heavy atom. The largest absolute Gasteiger partial charge is 0.346 e. The summed E-state index contributed by atoms with van der Waals surface area (Å²) in [5.41, 5.74) is -1.50. The van der Waals surface area contributed by atoms with E-state index in [2.05, 4.69) is 27.8 Å². The third-order valence-electron chi connectivity index (χ3n) is 10.3. The third-order valence-corrected chi connectivity index (χ3v) is 12.3. The zero-order valence-electron chi connectivity index (χ0n) is 31.0.